The molecule has 0 spiro atoms. The lowest BCUT2D eigenvalue weighted by atomic mass is 10.1. The first kappa shape index (κ1) is 17.2. The quantitative estimate of drug-likeness (QED) is 0.584. The van der Waals surface area contributed by atoms with Crippen LogP contribution in [0.2, 0.25) is 0 Å². The Labute approximate surface area is 129 Å². The minimum Gasteiger partial charge on any atom is -0.371 e. The number of hydrogen-bond acceptors (Lipinski definition) is 3. The molecule has 0 saturated carbocycles. The highest BCUT2D eigenvalue weighted by Crippen LogP contribution is 2.31. The molecule has 0 fully saturated rings. The van der Waals surface area contributed by atoms with Crippen molar-refractivity contribution < 1.29 is 4.74 Å². The van der Waals surface area contributed by atoms with Gasteiger partial charge in [0.15, 0.2) is 0 Å². The van der Waals surface area contributed by atoms with Crippen LogP contribution in [0.1, 0.15) is 63.4 Å². The lowest BCUT2D eigenvalue weighted by Crippen LogP contribution is -2.29. The molecule has 0 aromatic carbocycles. The molecule has 1 aromatic rings. The van der Waals surface area contributed by atoms with Crippen molar-refractivity contribution in [3.8, 4) is 0 Å². The van der Waals surface area contributed by atoms with Crippen LogP contribution >= 0.6 is 27.3 Å². The average Bonchev–Trinajstić information content (AvgIpc) is 2.83. The Morgan fingerprint density at radius 2 is 1.95 bits per heavy atom. The highest BCUT2D eigenvalue weighted by Gasteiger charge is 2.20. The second-order valence-electron chi connectivity index (χ2n) is 4.92. The van der Waals surface area contributed by atoms with Crippen molar-refractivity contribution in [2.24, 2.45) is 5.73 Å². The van der Waals surface area contributed by atoms with E-state index in [9.17, 15) is 0 Å². The molecule has 1 heterocycles. The first-order valence-corrected chi connectivity index (χ1v) is 8.92. The molecule has 4 heteroatoms. The van der Waals surface area contributed by atoms with Gasteiger partial charge in [0.2, 0.25) is 0 Å². The number of halogens is 1. The van der Waals surface area contributed by atoms with Gasteiger partial charge in [0, 0.05) is 17.5 Å². The molecular formula is C15H26BrNOS. The van der Waals surface area contributed by atoms with Crippen LogP contribution in [0, 0.1) is 0 Å². The predicted octanol–water partition coefficient (Wildman–Crippen LogP) is 5.28. The van der Waals surface area contributed by atoms with Gasteiger partial charge in [-0.3, -0.25) is 0 Å². The predicted molar refractivity (Wildman–Crippen MR) is 87.7 cm³/mol. The standard InChI is InChI=1S/C15H26BrNOS/c1-3-5-6-7-8-11-18-15(12(17)4-2)13-9-10-14(16)19-13/h9-10,12,15H,3-8,11,17H2,1-2H3. The molecule has 1 aromatic heterocycles. The summed E-state index contributed by atoms with van der Waals surface area (Å²) in [5.74, 6) is 0. The molecule has 0 aliphatic carbocycles. The van der Waals surface area contributed by atoms with Gasteiger partial charge >= 0.3 is 0 Å². The highest BCUT2D eigenvalue weighted by molar-refractivity contribution is 9.11. The maximum Gasteiger partial charge on any atom is 0.107 e. The summed E-state index contributed by atoms with van der Waals surface area (Å²) in [6.07, 6.45) is 7.32. The number of ether oxygens (including phenoxy) is 1. The van der Waals surface area contributed by atoms with Gasteiger partial charge in [-0.05, 0) is 40.9 Å². The Morgan fingerprint density at radius 1 is 1.21 bits per heavy atom. The van der Waals surface area contributed by atoms with Gasteiger partial charge in [-0.25, -0.2) is 0 Å². The van der Waals surface area contributed by atoms with Gasteiger partial charge in [-0.15, -0.1) is 11.3 Å². The van der Waals surface area contributed by atoms with Crippen LogP contribution in [-0.4, -0.2) is 12.6 Å². The van der Waals surface area contributed by atoms with Gasteiger partial charge in [0.05, 0.1) is 3.79 Å². The van der Waals surface area contributed by atoms with Gasteiger partial charge in [-0.1, -0.05) is 39.5 Å². The Bertz CT molecular complexity index is 343. The molecule has 2 nitrogen and oxygen atoms in total. The van der Waals surface area contributed by atoms with Crippen LogP contribution < -0.4 is 5.73 Å². The molecule has 2 unspecified atom stereocenters. The molecule has 2 N–H and O–H groups in total. The third-order valence-electron chi connectivity index (χ3n) is 3.28. The lowest BCUT2D eigenvalue weighted by Gasteiger charge is -2.22. The van der Waals surface area contributed by atoms with Crippen molar-refractivity contribution in [2.45, 2.75) is 64.5 Å². The van der Waals surface area contributed by atoms with E-state index in [4.69, 9.17) is 10.5 Å². The molecule has 0 saturated heterocycles. The van der Waals surface area contributed by atoms with E-state index in [0.717, 1.165) is 23.2 Å². The van der Waals surface area contributed by atoms with Crippen molar-refractivity contribution in [3.05, 3.63) is 20.8 Å². The number of thiophene rings is 1. The highest BCUT2D eigenvalue weighted by atomic mass is 79.9. The topological polar surface area (TPSA) is 35.2 Å². The molecule has 0 aliphatic heterocycles. The molecule has 0 radical (unpaired) electrons. The van der Waals surface area contributed by atoms with Crippen molar-refractivity contribution in [3.63, 3.8) is 0 Å². The lowest BCUT2D eigenvalue weighted by molar-refractivity contribution is 0.0334. The Morgan fingerprint density at radius 3 is 2.53 bits per heavy atom. The molecule has 0 aliphatic rings. The fourth-order valence-corrected chi connectivity index (χ4v) is 3.58. The van der Waals surface area contributed by atoms with Crippen molar-refractivity contribution in [2.75, 3.05) is 6.61 Å². The van der Waals surface area contributed by atoms with Crippen LogP contribution in [-0.2, 0) is 4.74 Å². The molecule has 1 rings (SSSR count). The monoisotopic (exact) mass is 347 g/mol. The second kappa shape index (κ2) is 9.92. The first-order chi connectivity index (χ1) is 9.19. The number of nitrogens with two attached hydrogens (primary N) is 1. The fourth-order valence-electron chi connectivity index (χ4n) is 2.03. The van der Waals surface area contributed by atoms with E-state index in [-0.39, 0.29) is 12.1 Å². The van der Waals surface area contributed by atoms with Crippen LogP contribution in [0.5, 0.6) is 0 Å². The summed E-state index contributed by atoms with van der Waals surface area (Å²) < 4.78 is 7.18. The van der Waals surface area contributed by atoms with Crippen molar-refractivity contribution in [1.82, 2.24) is 0 Å². The SMILES string of the molecule is CCCCCCCOC(c1ccc(Br)s1)C(N)CC. The van der Waals surface area contributed by atoms with E-state index >= 15 is 0 Å². The molecule has 0 bridgehead atoms. The summed E-state index contributed by atoms with van der Waals surface area (Å²) in [5.41, 5.74) is 6.19. The summed E-state index contributed by atoms with van der Waals surface area (Å²) in [6, 6.07) is 4.27. The number of unbranched alkanes of at least 4 members (excludes halogenated alkanes) is 4. The van der Waals surface area contributed by atoms with E-state index in [1.165, 1.54) is 30.6 Å². The van der Waals surface area contributed by atoms with Crippen molar-refractivity contribution >= 4 is 27.3 Å². The zero-order valence-electron chi connectivity index (χ0n) is 12.0. The Hall–Kier alpha value is 0.1000. The van der Waals surface area contributed by atoms with Gasteiger partial charge in [0.25, 0.3) is 0 Å². The zero-order valence-corrected chi connectivity index (χ0v) is 14.4. The molecule has 110 valence electrons. The van der Waals surface area contributed by atoms with Gasteiger partial charge in [-0.2, -0.15) is 0 Å². The molecular weight excluding hydrogens is 322 g/mol. The third-order valence-corrected chi connectivity index (χ3v) is 4.97. The number of rotatable bonds is 10. The number of hydrogen-bond donors (Lipinski definition) is 1. The van der Waals surface area contributed by atoms with Crippen LogP contribution in [0.3, 0.4) is 0 Å². The van der Waals surface area contributed by atoms with E-state index in [1.54, 1.807) is 11.3 Å². The normalized spacial score (nSPS) is 14.5. The summed E-state index contributed by atoms with van der Waals surface area (Å²) in [5, 5.41) is 0. The van der Waals surface area contributed by atoms with Crippen molar-refractivity contribution in [1.29, 1.82) is 0 Å². The molecule has 0 amide bonds. The van der Waals surface area contributed by atoms with Crippen LogP contribution in [0.15, 0.2) is 15.9 Å². The fraction of sp³-hybridized carbons (Fsp3) is 0.733. The summed E-state index contributed by atoms with van der Waals surface area (Å²) in [6.45, 7) is 5.17. The molecule has 2 atom stereocenters. The summed E-state index contributed by atoms with van der Waals surface area (Å²) in [7, 11) is 0. The minimum absolute atomic E-state index is 0.0486. The first-order valence-electron chi connectivity index (χ1n) is 7.31. The summed E-state index contributed by atoms with van der Waals surface area (Å²) in [4.78, 5) is 1.23. The van der Waals surface area contributed by atoms with Crippen LogP contribution in [0.25, 0.3) is 0 Å². The summed E-state index contributed by atoms with van der Waals surface area (Å²) >= 11 is 5.23. The van der Waals surface area contributed by atoms with Gasteiger partial charge < -0.3 is 10.5 Å². The van der Waals surface area contributed by atoms with Crippen LogP contribution in [0.4, 0.5) is 0 Å². The van der Waals surface area contributed by atoms with E-state index < -0.39 is 0 Å². The Kier molecular flexibility index (Phi) is 8.95. The molecule has 19 heavy (non-hydrogen) atoms. The third kappa shape index (κ3) is 6.39. The maximum absolute atomic E-state index is 6.19. The smallest absolute Gasteiger partial charge is 0.107 e. The minimum atomic E-state index is 0.0486. The largest absolute Gasteiger partial charge is 0.371 e. The van der Waals surface area contributed by atoms with E-state index in [1.807, 2.05) is 0 Å². The zero-order chi connectivity index (χ0) is 14.1. The van der Waals surface area contributed by atoms with E-state index in [2.05, 4.69) is 41.9 Å². The Balaban J connectivity index is 2.39. The average molecular weight is 348 g/mol. The van der Waals surface area contributed by atoms with E-state index in [0.29, 0.717) is 0 Å². The maximum atomic E-state index is 6.19. The second-order valence-corrected chi connectivity index (χ2v) is 7.41. The van der Waals surface area contributed by atoms with Gasteiger partial charge in [0.1, 0.15) is 6.10 Å².